The molecule has 0 aliphatic heterocycles. The fourth-order valence-corrected chi connectivity index (χ4v) is 2.30. The highest BCUT2D eigenvalue weighted by molar-refractivity contribution is 5.90. The lowest BCUT2D eigenvalue weighted by atomic mass is 10.1. The highest BCUT2D eigenvalue weighted by Crippen LogP contribution is 2.11. The number of hydrogen-bond donors (Lipinski definition) is 1. The smallest absolute Gasteiger partial charge is 0.317 e. The van der Waals surface area contributed by atoms with Crippen molar-refractivity contribution in [2.75, 3.05) is 6.61 Å². The summed E-state index contributed by atoms with van der Waals surface area (Å²) in [6, 6.07) is 0. The number of carbonyl (C=O) groups excluding carboxylic acids is 1. The Bertz CT molecular complexity index is 264. The molecule has 0 atom stereocenters. The first kappa shape index (κ1) is 19.9. The van der Waals surface area contributed by atoms with Crippen molar-refractivity contribution < 1.29 is 19.4 Å². The fraction of sp³-hybridized carbons (Fsp3) is 0.882. The van der Waals surface area contributed by atoms with Crippen LogP contribution in [0.3, 0.4) is 0 Å². The zero-order chi connectivity index (χ0) is 15.8. The van der Waals surface area contributed by atoms with E-state index in [2.05, 4.69) is 6.92 Å². The summed E-state index contributed by atoms with van der Waals surface area (Å²) in [5, 5.41) is 8.39. The number of aliphatic carboxylic acids is 1. The van der Waals surface area contributed by atoms with E-state index < -0.39 is 18.4 Å². The molecule has 0 bridgehead atoms. The van der Waals surface area contributed by atoms with Crippen molar-refractivity contribution >= 4 is 11.9 Å². The molecular formula is C17H32O4. The third-order valence-electron chi connectivity index (χ3n) is 3.56. The van der Waals surface area contributed by atoms with Crippen LogP contribution in [0.15, 0.2) is 0 Å². The van der Waals surface area contributed by atoms with Gasteiger partial charge in [-0.15, -0.1) is 0 Å². The highest BCUT2D eigenvalue weighted by Gasteiger charge is 2.07. The number of hydrogen-bond acceptors (Lipinski definition) is 3. The van der Waals surface area contributed by atoms with Crippen LogP contribution in [0.25, 0.3) is 0 Å². The Hall–Kier alpha value is -1.06. The first-order valence-electron chi connectivity index (χ1n) is 8.54. The van der Waals surface area contributed by atoms with Gasteiger partial charge in [0.1, 0.15) is 6.42 Å². The van der Waals surface area contributed by atoms with Gasteiger partial charge >= 0.3 is 11.9 Å². The lowest BCUT2D eigenvalue weighted by Gasteiger charge is -2.04. The molecule has 0 saturated heterocycles. The van der Waals surface area contributed by atoms with Crippen LogP contribution in [0.5, 0.6) is 0 Å². The molecule has 0 aromatic carbocycles. The molecule has 0 aliphatic rings. The van der Waals surface area contributed by atoms with Crippen LogP contribution in [0.1, 0.15) is 90.4 Å². The zero-order valence-corrected chi connectivity index (χ0v) is 13.6. The largest absolute Gasteiger partial charge is 0.481 e. The predicted molar refractivity (Wildman–Crippen MR) is 84.3 cm³/mol. The molecule has 0 rings (SSSR count). The van der Waals surface area contributed by atoms with Gasteiger partial charge in [0.15, 0.2) is 0 Å². The number of carbonyl (C=O) groups is 2. The SMILES string of the molecule is CCCCCCCCCCCCCCOC(=O)CC(=O)O. The molecule has 0 fully saturated rings. The normalized spacial score (nSPS) is 10.5. The summed E-state index contributed by atoms with van der Waals surface area (Å²) in [5.41, 5.74) is 0. The first-order valence-corrected chi connectivity index (χ1v) is 8.54. The summed E-state index contributed by atoms with van der Waals surface area (Å²) in [6.45, 7) is 2.59. The van der Waals surface area contributed by atoms with Gasteiger partial charge in [0.25, 0.3) is 0 Å². The first-order chi connectivity index (χ1) is 10.2. The van der Waals surface area contributed by atoms with E-state index in [9.17, 15) is 9.59 Å². The number of rotatable bonds is 15. The molecule has 0 spiro atoms. The maximum Gasteiger partial charge on any atom is 0.317 e. The van der Waals surface area contributed by atoms with E-state index >= 15 is 0 Å². The Balaban J connectivity index is 3.09. The third-order valence-corrected chi connectivity index (χ3v) is 3.56. The molecule has 0 aromatic heterocycles. The highest BCUT2D eigenvalue weighted by atomic mass is 16.5. The molecule has 0 aromatic rings. The van der Waals surface area contributed by atoms with E-state index in [0.29, 0.717) is 6.61 Å². The van der Waals surface area contributed by atoms with Crippen molar-refractivity contribution in [3.63, 3.8) is 0 Å². The van der Waals surface area contributed by atoms with Crippen LogP contribution in [-0.4, -0.2) is 23.7 Å². The summed E-state index contributed by atoms with van der Waals surface area (Å²) in [6.07, 6.45) is 14.6. The summed E-state index contributed by atoms with van der Waals surface area (Å²) < 4.78 is 4.82. The molecule has 21 heavy (non-hydrogen) atoms. The number of esters is 1. The minimum Gasteiger partial charge on any atom is -0.481 e. The third kappa shape index (κ3) is 16.9. The van der Waals surface area contributed by atoms with E-state index in [1.807, 2.05) is 0 Å². The quantitative estimate of drug-likeness (QED) is 0.270. The maximum absolute atomic E-state index is 11.0. The molecule has 0 saturated carbocycles. The Kier molecular flexibility index (Phi) is 14.6. The molecular weight excluding hydrogens is 268 g/mol. The molecule has 4 heteroatoms. The molecule has 1 N–H and O–H groups in total. The molecule has 0 unspecified atom stereocenters. The van der Waals surface area contributed by atoms with Crippen molar-refractivity contribution in [3.8, 4) is 0 Å². The van der Waals surface area contributed by atoms with Gasteiger partial charge in [-0.05, 0) is 6.42 Å². The molecule has 4 nitrogen and oxygen atoms in total. The number of unbranched alkanes of at least 4 members (excludes halogenated alkanes) is 11. The van der Waals surface area contributed by atoms with Crippen molar-refractivity contribution in [2.24, 2.45) is 0 Å². The maximum atomic E-state index is 11.0. The summed E-state index contributed by atoms with van der Waals surface area (Å²) in [7, 11) is 0. The van der Waals surface area contributed by atoms with Gasteiger partial charge in [0.05, 0.1) is 6.61 Å². The summed E-state index contributed by atoms with van der Waals surface area (Å²) in [5.74, 6) is -1.76. The molecule has 0 amide bonds. The predicted octanol–water partition coefficient (Wildman–Crippen LogP) is 4.71. The van der Waals surface area contributed by atoms with Gasteiger partial charge in [0, 0.05) is 0 Å². The molecule has 0 radical (unpaired) electrons. The second-order valence-corrected chi connectivity index (χ2v) is 5.68. The van der Waals surface area contributed by atoms with E-state index in [0.717, 1.165) is 12.8 Å². The second-order valence-electron chi connectivity index (χ2n) is 5.68. The van der Waals surface area contributed by atoms with Crippen LogP contribution in [0, 0.1) is 0 Å². The fourth-order valence-electron chi connectivity index (χ4n) is 2.30. The molecule has 0 aliphatic carbocycles. The van der Waals surface area contributed by atoms with Gasteiger partial charge in [-0.2, -0.15) is 0 Å². The zero-order valence-electron chi connectivity index (χ0n) is 13.6. The Labute approximate surface area is 129 Å². The van der Waals surface area contributed by atoms with Crippen molar-refractivity contribution in [2.45, 2.75) is 90.4 Å². The Morgan fingerprint density at radius 1 is 0.762 bits per heavy atom. The van der Waals surface area contributed by atoms with Crippen molar-refractivity contribution in [3.05, 3.63) is 0 Å². The van der Waals surface area contributed by atoms with E-state index in [1.54, 1.807) is 0 Å². The molecule has 124 valence electrons. The van der Waals surface area contributed by atoms with Crippen LogP contribution < -0.4 is 0 Å². The van der Waals surface area contributed by atoms with Crippen molar-refractivity contribution in [1.82, 2.24) is 0 Å². The Morgan fingerprint density at radius 2 is 1.19 bits per heavy atom. The monoisotopic (exact) mass is 300 g/mol. The topological polar surface area (TPSA) is 63.6 Å². The Morgan fingerprint density at radius 3 is 1.62 bits per heavy atom. The van der Waals surface area contributed by atoms with E-state index in [1.165, 1.54) is 64.2 Å². The average Bonchev–Trinajstić information content (AvgIpc) is 2.43. The van der Waals surface area contributed by atoms with E-state index in [4.69, 9.17) is 9.84 Å². The van der Waals surface area contributed by atoms with Gasteiger partial charge in [-0.1, -0.05) is 77.6 Å². The van der Waals surface area contributed by atoms with Crippen LogP contribution in [0.4, 0.5) is 0 Å². The standard InChI is InChI=1S/C17H32O4/c1-2-3-4-5-6-7-8-9-10-11-12-13-14-21-17(20)15-16(18)19/h2-15H2,1H3,(H,18,19). The number of carboxylic acids is 1. The van der Waals surface area contributed by atoms with Crippen molar-refractivity contribution in [1.29, 1.82) is 0 Å². The number of carboxylic acid groups (broad SMARTS) is 1. The summed E-state index contributed by atoms with van der Waals surface area (Å²) in [4.78, 5) is 21.2. The molecule has 0 heterocycles. The lowest BCUT2D eigenvalue weighted by Crippen LogP contribution is -2.11. The minimum absolute atomic E-state index is 0.351. The second kappa shape index (κ2) is 15.3. The number of ether oxygens (including phenoxy) is 1. The lowest BCUT2D eigenvalue weighted by molar-refractivity contribution is -0.151. The van der Waals surface area contributed by atoms with Crippen LogP contribution in [-0.2, 0) is 14.3 Å². The van der Waals surface area contributed by atoms with Gasteiger partial charge in [-0.25, -0.2) is 0 Å². The van der Waals surface area contributed by atoms with Gasteiger partial charge in [-0.3, -0.25) is 9.59 Å². The van der Waals surface area contributed by atoms with Gasteiger partial charge in [0.2, 0.25) is 0 Å². The average molecular weight is 300 g/mol. The van der Waals surface area contributed by atoms with Crippen LogP contribution >= 0.6 is 0 Å². The van der Waals surface area contributed by atoms with E-state index in [-0.39, 0.29) is 0 Å². The summed E-state index contributed by atoms with van der Waals surface area (Å²) >= 11 is 0. The minimum atomic E-state index is -1.13. The van der Waals surface area contributed by atoms with Gasteiger partial charge < -0.3 is 9.84 Å². The van der Waals surface area contributed by atoms with Crippen LogP contribution in [0.2, 0.25) is 0 Å².